The third-order valence-electron chi connectivity index (χ3n) is 12.2. The summed E-state index contributed by atoms with van der Waals surface area (Å²) in [5.41, 5.74) is 12.4. The summed E-state index contributed by atoms with van der Waals surface area (Å²) >= 11 is 0. The second-order valence-corrected chi connectivity index (χ2v) is 18.2. The Hall–Kier alpha value is -7.99. The lowest BCUT2D eigenvalue weighted by Gasteiger charge is -2.12. The predicted octanol–water partition coefficient (Wildman–Crippen LogP) is 11.9. The van der Waals surface area contributed by atoms with Gasteiger partial charge < -0.3 is 4.57 Å². The molecule has 0 N–H and O–H groups in total. The van der Waals surface area contributed by atoms with Gasteiger partial charge in [0.25, 0.3) is 0 Å². The lowest BCUT2D eigenvalue weighted by molar-refractivity contribution is 1.10. The van der Waals surface area contributed by atoms with Crippen LogP contribution in [0.5, 0.6) is 0 Å². The number of aromatic nitrogens is 4. The van der Waals surface area contributed by atoms with Crippen molar-refractivity contribution in [1.29, 1.82) is 0 Å². The van der Waals surface area contributed by atoms with E-state index < -0.39 is 8.80 Å². The molecule has 0 aliphatic rings. The van der Waals surface area contributed by atoms with Crippen LogP contribution in [0.2, 0.25) is 0 Å². The number of benzene rings is 9. The zero-order valence-corrected chi connectivity index (χ0v) is 34.8. The molecule has 0 radical (unpaired) electrons. The van der Waals surface area contributed by atoms with Crippen molar-refractivity contribution in [3.8, 4) is 39.6 Å². The largest absolute Gasteiger partial charge is 0.429 e. The van der Waals surface area contributed by atoms with E-state index in [9.17, 15) is 0 Å². The fourth-order valence-electron chi connectivity index (χ4n) is 9.52. The first-order valence-corrected chi connectivity index (χ1v) is 22.6. The van der Waals surface area contributed by atoms with Gasteiger partial charge in [0.2, 0.25) is 0 Å². The van der Waals surface area contributed by atoms with Crippen molar-refractivity contribution in [3.05, 3.63) is 237 Å². The van der Waals surface area contributed by atoms with Gasteiger partial charge in [-0.1, -0.05) is 152 Å². The van der Waals surface area contributed by atoms with Gasteiger partial charge in [0.05, 0.1) is 16.6 Å². The molecule has 0 bridgehead atoms. The van der Waals surface area contributed by atoms with Crippen molar-refractivity contribution < 1.29 is 0 Å². The molecule has 0 atom stereocenters. The Kier molecular flexibility index (Phi) is 8.64. The van der Waals surface area contributed by atoms with Crippen LogP contribution in [0.25, 0.3) is 83.4 Å². The lowest BCUT2D eigenvalue weighted by atomic mass is 10.1. The highest BCUT2D eigenvalue weighted by Crippen LogP contribution is 2.43. The number of hydrogen-bond donors (Lipinski definition) is 0. The Morgan fingerprint density at radius 1 is 0.339 bits per heavy atom. The Morgan fingerprint density at radius 3 is 1.56 bits per heavy atom. The quantitative estimate of drug-likeness (QED) is 0.111. The van der Waals surface area contributed by atoms with Crippen molar-refractivity contribution in [2.45, 2.75) is 0 Å². The smallest absolute Gasteiger partial charge is 0.309 e. The van der Waals surface area contributed by atoms with E-state index in [1.54, 1.807) is 0 Å². The molecule has 5 heteroatoms. The van der Waals surface area contributed by atoms with E-state index in [-0.39, 0.29) is 0 Å². The number of fused-ring (bicyclic) bond motifs is 7. The highest BCUT2D eigenvalue weighted by atomic mass is 28.3. The predicted molar refractivity (Wildman–Crippen MR) is 261 cm³/mol. The van der Waals surface area contributed by atoms with Gasteiger partial charge in [-0.2, -0.15) is 0 Å². The summed E-state index contributed by atoms with van der Waals surface area (Å²) in [4.78, 5) is 5.55. The van der Waals surface area contributed by atoms with Crippen LogP contribution >= 0.6 is 0 Å². The van der Waals surface area contributed by atoms with Crippen LogP contribution in [-0.4, -0.2) is 27.5 Å². The van der Waals surface area contributed by atoms with Crippen molar-refractivity contribution >= 4 is 68.2 Å². The Balaban J connectivity index is 1.10. The summed E-state index contributed by atoms with van der Waals surface area (Å²) < 4.78 is 7.18. The molecule has 3 aromatic heterocycles. The highest BCUT2D eigenvalue weighted by molar-refractivity contribution is 6.96. The molecule has 0 aliphatic heterocycles. The van der Waals surface area contributed by atoms with E-state index in [0.717, 1.165) is 56.0 Å². The topological polar surface area (TPSA) is 27.7 Å². The number of para-hydroxylation sites is 3. The molecular weight excluding hydrogens is 769 g/mol. The molecule has 290 valence electrons. The monoisotopic (exact) mass is 807 g/mol. The van der Waals surface area contributed by atoms with Gasteiger partial charge in [-0.3, -0.25) is 9.13 Å². The molecule has 0 saturated carbocycles. The average Bonchev–Trinajstić information content (AvgIpc) is 4.01. The number of imidazole rings is 1. The Labute approximate surface area is 361 Å². The number of rotatable bonds is 8. The van der Waals surface area contributed by atoms with Crippen molar-refractivity contribution in [2.75, 3.05) is 0 Å². The minimum atomic E-state index is -1.37. The normalized spacial score (nSPS) is 11.5. The summed E-state index contributed by atoms with van der Waals surface area (Å²) in [6, 6.07) is 85.6. The third kappa shape index (κ3) is 5.78. The SMILES string of the molecule is c1ccc(-c2ccccc2[Si+](c2ccccc2)c2ccc(-n3c4ccccc4c4c3ccc3c5c(nc(-c6ccccc6)n5-c5ccccc5)n(-c5ccccc5)c34)cc2)cc1. The molecule has 9 aromatic carbocycles. The van der Waals surface area contributed by atoms with E-state index >= 15 is 0 Å². The Morgan fingerprint density at radius 2 is 0.871 bits per heavy atom. The summed E-state index contributed by atoms with van der Waals surface area (Å²) in [5.74, 6) is 0.916. The number of nitrogens with zero attached hydrogens (tertiary/aromatic N) is 4. The van der Waals surface area contributed by atoms with Crippen molar-refractivity contribution in [1.82, 2.24) is 18.7 Å². The van der Waals surface area contributed by atoms with E-state index in [2.05, 4.69) is 250 Å². The summed E-state index contributed by atoms with van der Waals surface area (Å²) in [6.45, 7) is 0. The molecule has 0 unspecified atom stereocenters. The standard InChI is InChI=1S/C57H39N4Si/c1-6-20-40(21-7-1)47-30-17-19-33-52(47)62(45-28-14-5-15-29-45)46-36-34-44(35-37-46)59-50-32-18-16-31-48(50)53-51(59)39-38-49-54(53)60(42-24-10-3-11-25-42)57-55(49)61(43-26-12-4-13-27-43)56(58-57)41-22-8-2-9-23-41/h1-39H/q+1. The molecule has 3 heterocycles. The molecule has 0 saturated heterocycles. The third-order valence-corrected chi connectivity index (χ3v) is 15.0. The van der Waals surface area contributed by atoms with Gasteiger partial charge in [0.15, 0.2) is 5.65 Å². The molecule has 62 heavy (non-hydrogen) atoms. The first-order valence-electron chi connectivity index (χ1n) is 21.1. The van der Waals surface area contributed by atoms with Gasteiger partial charge >= 0.3 is 8.80 Å². The van der Waals surface area contributed by atoms with Crippen LogP contribution in [0.4, 0.5) is 0 Å². The molecule has 4 nitrogen and oxygen atoms in total. The van der Waals surface area contributed by atoms with Gasteiger partial charge in [-0.05, 0) is 90.5 Å². The van der Waals surface area contributed by atoms with Crippen LogP contribution in [-0.2, 0) is 0 Å². The summed E-state index contributed by atoms with van der Waals surface area (Å²) in [6.07, 6.45) is 0. The van der Waals surface area contributed by atoms with Crippen LogP contribution in [0.1, 0.15) is 0 Å². The molecule has 0 spiro atoms. The minimum Gasteiger partial charge on any atom is -0.309 e. The van der Waals surface area contributed by atoms with Gasteiger partial charge in [-0.15, -0.1) is 0 Å². The first-order chi connectivity index (χ1) is 30.8. The maximum atomic E-state index is 5.55. The minimum absolute atomic E-state index is 0.916. The molecule has 0 fully saturated rings. The Bertz CT molecular complexity index is 3540. The number of hydrogen-bond acceptors (Lipinski definition) is 1. The zero-order valence-electron chi connectivity index (χ0n) is 33.8. The molecular formula is C57H39N4Si+. The van der Waals surface area contributed by atoms with Crippen LogP contribution in [0, 0.1) is 0 Å². The van der Waals surface area contributed by atoms with Gasteiger partial charge in [0.1, 0.15) is 26.9 Å². The highest BCUT2D eigenvalue weighted by Gasteiger charge is 2.38. The maximum absolute atomic E-state index is 5.55. The van der Waals surface area contributed by atoms with Crippen molar-refractivity contribution in [3.63, 3.8) is 0 Å². The fraction of sp³-hybridized carbons (Fsp3) is 0. The molecule has 0 aliphatic carbocycles. The average molecular weight is 808 g/mol. The zero-order chi connectivity index (χ0) is 41.0. The maximum Gasteiger partial charge on any atom is 0.429 e. The van der Waals surface area contributed by atoms with Crippen LogP contribution < -0.4 is 15.6 Å². The van der Waals surface area contributed by atoms with E-state index in [1.807, 2.05) is 0 Å². The summed E-state index contributed by atoms with van der Waals surface area (Å²) in [5, 5.41) is 7.66. The van der Waals surface area contributed by atoms with Gasteiger partial charge in [0, 0.05) is 44.3 Å². The molecule has 12 aromatic rings. The first kappa shape index (κ1) is 35.9. The van der Waals surface area contributed by atoms with E-state index in [4.69, 9.17) is 4.98 Å². The van der Waals surface area contributed by atoms with Crippen LogP contribution in [0.3, 0.4) is 0 Å². The van der Waals surface area contributed by atoms with E-state index in [0.29, 0.717) is 0 Å². The molecule has 12 rings (SSSR count). The van der Waals surface area contributed by atoms with E-state index in [1.165, 1.54) is 43.0 Å². The lowest BCUT2D eigenvalue weighted by Crippen LogP contribution is -2.52. The fourth-order valence-corrected chi connectivity index (χ4v) is 12.3. The second-order valence-electron chi connectivity index (χ2n) is 15.7. The second kappa shape index (κ2) is 14.9. The molecule has 0 amide bonds. The summed E-state index contributed by atoms with van der Waals surface area (Å²) in [7, 11) is -1.37. The van der Waals surface area contributed by atoms with Crippen LogP contribution in [0.15, 0.2) is 237 Å². The van der Waals surface area contributed by atoms with Crippen molar-refractivity contribution in [2.24, 2.45) is 0 Å². The van der Waals surface area contributed by atoms with Gasteiger partial charge in [-0.25, -0.2) is 4.98 Å².